The summed E-state index contributed by atoms with van der Waals surface area (Å²) in [5, 5.41) is 33.5. The molecule has 2 N–H and O–H groups in total. The Bertz CT molecular complexity index is 1810. The predicted molar refractivity (Wildman–Crippen MR) is 212 cm³/mol. The number of anilines is 2. The van der Waals surface area contributed by atoms with Crippen molar-refractivity contribution in [2.75, 3.05) is 63.0 Å². The van der Waals surface area contributed by atoms with Gasteiger partial charge < -0.3 is 20.4 Å². The van der Waals surface area contributed by atoms with Crippen LogP contribution in [-0.2, 0) is 0 Å². The van der Waals surface area contributed by atoms with Crippen LogP contribution in [0.1, 0.15) is 12.8 Å². The van der Waals surface area contributed by atoms with Crippen molar-refractivity contribution >= 4 is 128 Å². The zero-order chi connectivity index (χ0) is 29.9. The molecule has 0 saturated carbocycles. The molecular weight excluding hydrogens is 733 g/mol. The van der Waals surface area contributed by atoms with Crippen LogP contribution in [0.5, 0.6) is 0 Å². The smallest absolute Gasteiger partial charge is 0.159 e. The Hall–Kier alpha value is -2.66. The Morgan fingerprint density at radius 2 is 0.833 bits per heavy atom. The molecule has 14 heteroatoms. The van der Waals surface area contributed by atoms with E-state index >= 15 is 0 Å². The molecule has 4 aromatic carbocycles. The summed E-state index contributed by atoms with van der Waals surface area (Å²) >= 11 is 12.8. The molecule has 1 fully saturated rings. The van der Waals surface area contributed by atoms with Gasteiger partial charge in [-0.1, -0.05) is 71.7 Å². The van der Waals surface area contributed by atoms with E-state index in [-0.39, 0.29) is 49.6 Å². The van der Waals surface area contributed by atoms with E-state index in [1.165, 1.54) is 10.8 Å². The van der Waals surface area contributed by atoms with Gasteiger partial charge in [0.05, 0.1) is 0 Å². The zero-order valence-corrected chi connectivity index (χ0v) is 30.8. The second-order valence-corrected chi connectivity index (χ2v) is 12.1. The molecule has 1 aliphatic heterocycles. The van der Waals surface area contributed by atoms with Gasteiger partial charge in [0.15, 0.2) is 21.9 Å². The van der Waals surface area contributed by atoms with Crippen molar-refractivity contribution in [2.24, 2.45) is 0 Å². The quantitative estimate of drug-likeness (QED) is 0.106. The summed E-state index contributed by atoms with van der Waals surface area (Å²) in [5.74, 6) is 1.58. The summed E-state index contributed by atoms with van der Waals surface area (Å²) in [5.41, 5.74) is 0. The second kappa shape index (κ2) is 18.4. The van der Waals surface area contributed by atoms with Crippen LogP contribution in [0.3, 0.4) is 0 Å². The van der Waals surface area contributed by atoms with Gasteiger partial charge in [0, 0.05) is 60.8 Å². The monoisotopic (exact) mass is 768 g/mol. The Labute approximate surface area is 315 Å². The van der Waals surface area contributed by atoms with E-state index in [1.807, 2.05) is 24.3 Å². The Morgan fingerprint density at radius 1 is 0.500 bits per heavy atom. The van der Waals surface area contributed by atoms with Crippen molar-refractivity contribution in [3.05, 3.63) is 83.1 Å². The number of nitrogens with zero attached hydrogens (tertiary/aromatic N) is 6. The number of piperazine rings is 1. The van der Waals surface area contributed by atoms with E-state index in [4.69, 9.17) is 23.2 Å². The molecule has 0 radical (unpaired) electrons. The minimum absolute atomic E-state index is 0. The number of rotatable bonds is 10. The molecule has 2 aromatic heterocycles. The lowest BCUT2D eigenvalue weighted by molar-refractivity contribution is 0.132. The number of benzene rings is 4. The standard InChI is InChI=1S/C34H34Cl2N8.4ClH/c35-31-27-19-23-7-1-3-9-25(23)21-29(27)33(41-39-31)37-11-5-13-43-15-17-44(18-16-43)14-6-12-38-34-30-22-26-10-4-2-8-24(26)20-28(30)32(36)40-42-34;;;;/h1-4,7-10,19-22H,5-6,11-18H2,(H,37,41)(H,38,42);4*1H. The molecule has 0 aliphatic carbocycles. The van der Waals surface area contributed by atoms with E-state index in [1.54, 1.807) is 0 Å². The van der Waals surface area contributed by atoms with Crippen LogP contribution in [0.2, 0.25) is 10.3 Å². The minimum atomic E-state index is 0. The molecule has 1 aliphatic rings. The predicted octanol–water partition coefficient (Wildman–Crippen LogP) is 8.80. The van der Waals surface area contributed by atoms with Gasteiger partial charge in [-0.15, -0.1) is 70.0 Å². The lowest BCUT2D eigenvalue weighted by Gasteiger charge is -2.34. The molecule has 3 heterocycles. The molecule has 0 atom stereocenters. The van der Waals surface area contributed by atoms with Crippen LogP contribution in [-0.4, -0.2) is 82.6 Å². The maximum atomic E-state index is 6.39. The van der Waals surface area contributed by atoms with E-state index in [9.17, 15) is 0 Å². The van der Waals surface area contributed by atoms with Crippen LogP contribution in [0.15, 0.2) is 72.8 Å². The largest absolute Gasteiger partial charge is 0.368 e. The summed E-state index contributed by atoms with van der Waals surface area (Å²) in [4.78, 5) is 5.10. The molecule has 0 unspecified atom stereocenters. The Morgan fingerprint density at radius 3 is 1.19 bits per heavy atom. The van der Waals surface area contributed by atoms with Gasteiger partial charge in [-0.3, -0.25) is 0 Å². The number of aromatic nitrogens is 4. The summed E-state index contributed by atoms with van der Waals surface area (Å²) in [7, 11) is 0. The van der Waals surface area contributed by atoms with Crippen molar-refractivity contribution < 1.29 is 0 Å². The molecule has 1 saturated heterocycles. The first-order valence-corrected chi connectivity index (χ1v) is 16.0. The van der Waals surface area contributed by atoms with Gasteiger partial charge in [-0.05, 0) is 71.7 Å². The van der Waals surface area contributed by atoms with Gasteiger partial charge in [0.25, 0.3) is 0 Å². The van der Waals surface area contributed by atoms with Crippen LogP contribution >= 0.6 is 72.8 Å². The van der Waals surface area contributed by atoms with E-state index in [0.717, 1.165) is 109 Å². The van der Waals surface area contributed by atoms with Crippen molar-refractivity contribution in [1.29, 1.82) is 0 Å². The Balaban J connectivity index is 0.00000156. The molecule has 256 valence electrons. The van der Waals surface area contributed by atoms with E-state index in [2.05, 4.69) is 89.4 Å². The first-order valence-electron chi connectivity index (χ1n) is 15.2. The highest BCUT2D eigenvalue weighted by atomic mass is 35.5. The normalized spacial score (nSPS) is 13.4. The third-order valence-corrected chi connectivity index (χ3v) is 9.11. The maximum Gasteiger partial charge on any atom is 0.159 e. The highest BCUT2D eigenvalue weighted by Crippen LogP contribution is 2.32. The molecule has 0 amide bonds. The summed E-state index contributed by atoms with van der Waals surface area (Å²) in [6, 6.07) is 25.1. The first-order chi connectivity index (χ1) is 21.6. The fourth-order valence-corrected chi connectivity index (χ4v) is 6.52. The average Bonchev–Trinajstić information content (AvgIpc) is 3.06. The van der Waals surface area contributed by atoms with Crippen LogP contribution in [0.25, 0.3) is 43.1 Å². The molecule has 6 aromatic rings. The number of fused-ring (bicyclic) bond motifs is 4. The van der Waals surface area contributed by atoms with Gasteiger partial charge in [-0.2, -0.15) is 0 Å². The Kier molecular flexibility index (Phi) is 15.2. The molecule has 8 nitrogen and oxygen atoms in total. The van der Waals surface area contributed by atoms with E-state index < -0.39 is 0 Å². The van der Waals surface area contributed by atoms with Gasteiger partial charge >= 0.3 is 0 Å². The molecule has 48 heavy (non-hydrogen) atoms. The summed E-state index contributed by atoms with van der Waals surface area (Å²) in [6.45, 7) is 8.13. The summed E-state index contributed by atoms with van der Waals surface area (Å²) < 4.78 is 0. The fraction of sp³-hybridized carbons (Fsp3) is 0.294. The van der Waals surface area contributed by atoms with Gasteiger partial charge in [0.1, 0.15) is 0 Å². The maximum absolute atomic E-state index is 6.39. The van der Waals surface area contributed by atoms with Crippen molar-refractivity contribution in [1.82, 2.24) is 30.2 Å². The number of halogens is 6. The molecular formula is C34H38Cl6N8. The highest BCUT2D eigenvalue weighted by molar-refractivity contribution is 6.35. The fourth-order valence-electron chi connectivity index (χ4n) is 6.13. The van der Waals surface area contributed by atoms with Crippen molar-refractivity contribution in [3.8, 4) is 0 Å². The van der Waals surface area contributed by atoms with Crippen LogP contribution < -0.4 is 10.6 Å². The van der Waals surface area contributed by atoms with Gasteiger partial charge in [0.2, 0.25) is 0 Å². The van der Waals surface area contributed by atoms with E-state index in [0.29, 0.717) is 10.3 Å². The third kappa shape index (κ3) is 8.92. The average molecular weight is 771 g/mol. The molecule has 0 spiro atoms. The SMILES string of the molecule is Cl.Cl.Cl.Cl.Clc1nnc(NCCCN2CCN(CCCNc3nnc(Cl)c4cc5ccccc5cc34)CC2)c2cc3ccccc3cc12. The number of nitrogens with one attached hydrogen (secondary N) is 2. The van der Waals surface area contributed by atoms with Crippen molar-refractivity contribution in [3.63, 3.8) is 0 Å². The first kappa shape index (κ1) is 39.8. The number of hydrogen-bond acceptors (Lipinski definition) is 8. The summed E-state index contributed by atoms with van der Waals surface area (Å²) in [6.07, 6.45) is 2.07. The molecule has 0 bridgehead atoms. The number of hydrogen-bond donors (Lipinski definition) is 2. The third-order valence-electron chi connectivity index (χ3n) is 8.55. The van der Waals surface area contributed by atoms with Crippen molar-refractivity contribution in [2.45, 2.75) is 12.8 Å². The van der Waals surface area contributed by atoms with Crippen LogP contribution in [0.4, 0.5) is 11.6 Å². The van der Waals surface area contributed by atoms with Gasteiger partial charge in [-0.25, -0.2) is 0 Å². The lowest BCUT2D eigenvalue weighted by Crippen LogP contribution is -2.47. The topological polar surface area (TPSA) is 82.1 Å². The zero-order valence-electron chi connectivity index (χ0n) is 26.1. The highest BCUT2D eigenvalue weighted by Gasteiger charge is 2.17. The minimum Gasteiger partial charge on any atom is -0.368 e. The molecule has 7 rings (SSSR count). The van der Waals surface area contributed by atoms with Crippen LogP contribution in [0, 0.1) is 0 Å². The lowest BCUT2D eigenvalue weighted by atomic mass is 10.1. The second-order valence-electron chi connectivity index (χ2n) is 11.4.